The number of carbonyl (C=O) groups excluding carboxylic acids is 1. The zero-order valence-electron chi connectivity index (χ0n) is 11.1. The van der Waals surface area contributed by atoms with E-state index in [1.807, 2.05) is 13.8 Å². The monoisotopic (exact) mass is 268 g/mol. The van der Waals surface area contributed by atoms with Gasteiger partial charge in [0.1, 0.15) is 11.6 Å². The molecule has 1 aromatic rings. The molecule has 19 heavy (non-hydrogen) atoms. The summed E-state index contributed by atoms with van der Waals surface area (Å²) in [6.45, 7) is 5.71. The lowest BCUT2D eigenvalue weighted by atomic mass is 9.80. The van der Waals surface area contributed by atoms with E-state index in [2.05, 4.69) is 10.6 Å². The Hall–Kier alpha value is -1.49. The number of hydrogen-bond donors (Lipinski definition) is 2. The van der Waals surface area contributed by atoms with Gasteiger partial charge in [-0.15, -0.1) is 0 Å². The summed E-state index contributed by atoms with van der Waals surface area (Å²) in [4.78, 5) is 12.0. The highest BCUT2D eigenvalue weighted by atomic mass is 19.1. The average Bonchev–Trinajstić information content (AvgIpc) is 2.31. The van der Waals surface area contributed by atoms with Crippen LogP contribution in [0.25, 0.3) is 0 Å². The molecule has 1 aromatic carbocycles. The molecule has 0 radical (unpaired) electrons. The number of halogens is 2. The molecule has 5 heteroatoms. The van der Waals surface area contributed by atoms with Gasteiger partial charge in [-0.05, 0) is 30.5 Å². The Morgan fingerprint density at radius 1 is 1.42 bits per heavy atom. The van der Waals surface area contributed by atoms with E-state index in [1.54, 1.807) is 0 Å². The number of hydrogen-bond acceptors (Lipinski definition) is 2. The predicted molar refractivity (Wildman–Crippen MR) is 68.9 cm³/mol. The maximum absolute atomic E-state index is 13.5. The molecule has 1 unspecified atom stereocenters. The first kappa shape index (κ1) is 13.9. The molecule has 0 aromatic heterocycles. The normalized spacial score (nSPS) is 22.0. The van der Waals surface area contributed by atoms with E-state index in [4.69, 9.17) is 0 Å². The quantitative estimate of drug-likeness (QED) is 0.862. The van der Waals surface area contributed by atoms with Gasteiger partial charge in [-0.25, -0.2) is 8.78 Å². The first-order valence-electron chi connectivity index (χ1n) is 6.37. The molecule has 0 saturated carbocycles. The molecular formula is C14H18F2N2O. The maximum atomic E-state index is 13.5. The molecule has 2 N–H and O–H groups in total. The zero-order chi connectivity index (χ0) is 14.0. The van der Waals surface area contributed by atoms with E-state index in [0.717, 1.165) is 31.6 Å². The van der Waals surface area contributed by atoms with Crippen LogP contribution in [0.3, 0.4) is 0 Å². The molecule has 1 heterocycles. The highest BCUT2D eigenvalue weighted by Crippen LogP contribution is 2.25. The Balaban J connectivity index is 2.12. The van der Waals surface area contributed by atoms with Crippen molar-refractivity contribution >= 4 is 5.91 Å². The number of piperidine rings is 1. The van der Waals surface area contributed by atoms with Gasteiger partial charge in [-0.3, -0.25) is 4.79 Å². The second kappa shape index (κ2) is 5.25. The van der Waals surface area contributed by atoms with Crippen LogP contribution in [0.15, 0.2) is 18.2 Å². The molecule has 1 atom stereocenters. The Morgan fingerprint density at radius 2 is 2.16 bits per heavy atom. The summed E-state index contributed by atoms with van der Waals surface area (Å²) in [5.41, 5.74) is -0.208. The van der Waals surface area contributed by atoms with Crippen molar-refractivity contribution in [3.05, 3.63) is 35.4 Å². The van der Waals surface area contributed by atoms with Gasteiger partial charge < -0.3 is 10.6 Å². The van der Waals surface area contributed by atoms with Crippen LogP contribution < -0.4 is 10.6 Å². The summed E-state index contributed by atoms with van der Waals surface area (Å²) < 4.78 is 26.3. The molecule has 104 valence electrons. The molecule has 1 fully saturated rings. The summed E-state index contributed by atoms with van der Waals surface area (Å²) in [6, 6.07) is 2.97. The van der Waals surface area contributed by atoms with Crippen molar-refractivity contribution in [2.45, 2.75) is 26.3 Å². The van der Waals surface area contributed by atoms with E-state index in [0.29, 0.717) is 0 Å². The van der Waals surface area contributed by atoms with Gasteiger partial charge in [0.15, 0.2) is 0 Å². The van der Waals surface area contributed by atoms with Crippen LogP contribution in [0.2, 0.25) is 0 Å². The minimum Gasteiger partial charge on any atom is -0.349 e. The number of nitrogens with one attached hydrogen (secondary N) is 2. The van der Waals surface area contributed by atoms with Crippen molar-refractivity contribution in [3.8, 4) is 0 Å². The van der Waals surface area contributed by atoms with Gasteiger partial charge in [-0.1, -0.05) is 13.8 Å². The Morgan fingerprint density at radius 3 is 2.79 bits per heavy atom. The Bertz CT molecular complexity index is 488. The summed E-state index contributed by atoms with van der Waals surface area (Å²) in [7, 11) is 0. The van der Waals surface area contributed by atoms with Crippen LogP contribution in [0.5, 0.6) is 0 Å². The van der Waals surface area contributed by atoms with Gasteiger partial charge in [-0.2, -0.15) is 0 Å². The maximum Gasteiger partial charge on any atom is 0.254 e. The molecule has 1 amide bonds. The van der Waals surface area contributed by atoms with Crippen molar-refractivity contribution in [3.63, 3.8) is 0 Å². The largest absolute Gasteiger partial charge is 0.349 e. The predicted octanol–water partition coefficient (Wildman–Crippen LogP) is 2.08. The fraction of sp³-hybridized carbons (Fsp3) is 0.500. The van der Waals surface area contributed by atoms with Gasteiger partial charge in [0.2, 0.25) is 0 Å². The lowest BCUT2D eigenvalue weighted by Crippen LogP contribution is -2.54. The summed E-state index contributed by atoms with van der Waals surface area (Å²) in [6.07, 6.45) is 0.793. The minimum absolute atomic E-state index is 0.0225. The molecule has 1 saturated heterocycles. The second-order valence-corrected chi connectivity index (χ2v) is 5.60. The number of rotatable bonds is 2. The highest BCUT2D eigenvalue weighted by Gasteiger charge is 2.33. The molecule has 0 bridgehead atoms. The molecular weight excluding hydrogens is 250 g/mol. The lowest BCUT2D eigenvalue weighted by Gasteiger charge is -2.39. The van der Waals surface area contributed by atoms with Crippen molar-refractivity contribution < 1.29 is 13.6 Å². The van der Waals surface area contributed by atoms with Gasteiger partial charge in [0.25, 0.3) is 5.91 Å². The fourth-order valence-corrected chi connectivity index (χ4v) is 2.35. The highest BCUT2D eigenvalue weighted by molar-refractivity contribution is 5.94. The number of amides is 1. The third kappa shape index (κ3) is 3.10. The van der Waals surface area contributed by atoms with Crippen LogP contribution >= 0.6 is 0 Å². The summed E-state index contributed by atoms with van der Waals surface area (Å²) in [5, 5.41) is 6.11. The van der Waals surface area contributed by atoms with Gasteiger partial charge in [0.05, 0.1) is 5.56 Å². The standard InChI is InChI=1S/C14H18F2N2O/c1-14(2)8-17-6-5-12(14)18-13(19)10-4-3-9(15)7-11(10)16/h3-4,7,12,17H,5-6,8H2,1-2H3,(H,18,19). The van der Waals surface area contributed by atoms with Crippen molar-refractivity contribution in [2.24, 2.45) is 5.41 Å². The van der Waals surface area contributed by atoms with E-state index in [-0.39, 0.29) is 17.0 Å². The summed E-state index contributed by atoms with van der Waals surface area (Å²) in [5.74, 6) is -2.00. The fourth-order valence-electron chi connectivity index (χ4n) is 2.35. The average molecular weight is 268 g/mol. The van der Waals surface area contributed by atoms with Crippen molar-refractivity contribution in [2.75, 3.05) is 13.1 Å². The molecule has 3 nitrogen and oxygen atoms in total. The first-order chi connectivity index (χ1) is 8.90. The summed E-state index contributed by atoms with van der Waals surface area (Å²) >= 11 is 0. The van der Waals surface area contributed by atoms with Crippen molar-refractivity contribution in [1.82, 2.24) is 10.6 Å². The molecule has 0 spiro atoms. The van der Waals surface area contributed by atoms with E-state index in [1.165, 1.54) is 6.07 Å². The molecule has 0 aliphatic carbocycles. The van der Waals surface area contributed by atoms with E-state index in [9.17, 15) is 13.6 Å². The zero-order valence-corrected chi connectivity index (χ0v) is 11.1. The van der Waals surface area contributed by atoms with Crippen LogP contribution in [0.1, 0.15) is 30.6 Å². The Kier molecular flexibility index (Phi) is 3.85. The lowest BCUT2D eigenvalue weighted by molar-refractivity contribution is 0.0864. The number of carbonyl (C=O) groups is 1. The van der Waals surface area contributed by atoms with Gasteiger partial charge in [0, 0.05) is 18.7 Å². The van der Waals surface area contributed by atoms with Crippen LogP contribution in [0.4, 0.5) is 8.78 Å². The van der Waals surface area contributed by atoms with Crippen LogP contribution in [-0.2, 0) is 0 Å². The second-order valence-electron chi connectivity index (χ2n) is 5.60. The third-order valence-corrected chi connectivity index (χ3v) is 3.61. The molecule has 1 aliphatic rings. The molecule has 2 rings (SSSR count). The van der Waals surface area contributed by atoms with Crippen molar-refractivity contribution in [1.29, 1.82) is 0 Å². The van der Waals surface area contributed by atoms with Crippen LogP contribution in [0, 0.1) is 17.0 Å². The molecule has 1 aliphatic heterocycles. The van der Waals surface area contributed by atoms with E-state index >= 15 is 0 Å². The third-order valence-electron chi connectivity index (χ3n) is 3.61. The van der Waals surface area contributed by atoms with E-state index < -0.39 is 17.5 Å². The first-order valence-corrected chi connectivity index (χ1v) is 6.37. The topological polar surface area (TPSA) is 41.1 Å². The number of benzene rings is 1. The van der Waals surface area contributed by atoms with Crippen LogP contribution in [-0.4, -0.2) is 25.0 Å². The minimum atomic E-state index is -0.829. The van der Waals surface area contributed by atoms with Gasteiger partial charge >= 0.3 is 0 Å². The Labute approximate surface area is 111 Å². The smallest absolute Gasteiger partial charge is 0.254 e. The SMILES string of the molecule is CC1(C)CNCCC1NC(=O)c1ccc(F)cc1F.